The second-order valence-electron chi connectivity index (χ2n) is 5.44. The van der Waals surface area contributed by atoms with Gasteiger partial charge in [-0.2, -0.15) is 0 Å². The SMILES string of the molecule is Cc1noc(C)c1C(=O)OCCOc1ccc(S(=O)(=O)N(C)C)cc1. The van der Waals surface area contributed by atoms with E-state index in [1.54, 1.807) is 26.0 Å². The zero-order valence-electron chi connectivity index (χ0n) is 14.5. The maximum Gasteiger partial charge on any atom is 0.343 e. The van der Waals surface area contributed by atoms with E-state index >= 15 is 0 Å². The number of carbonyl (C=O) groups excluding carboxylic acids is 1. The molecule has 2 rings (SSSR count). The number of aromatic nitrogens is 1. The Morgan fingerprint density at radius 2 is 1.80 bits per heavy atom. The Hall–Kier alpha value is -2.39. The standard InChI is InChI=1S/C16H20N2O6S/c1-11-15(12(2)24-17-11)16(19)23-10-9-22-13-5-7-14(8-6-13)25(20,21)18(3)4/h5-8H,9-10H2,1-4H3. The molecule has 0 saturated carbocycles. The van der Waals surface area contributed by atoms with Gasteiger partial charge in [0, 0.05) is 14.1 Å². The second kappa shape index (κ2) is 7.66. The third-order valence-electron chi connectivity index (χ3n) is 3.43. The van der Waals surface area contributed by atoms with Crippen LogP contribution >= 0.6 is 0 Å². The van der Waals surface area contributed by atoms with E-state index < -0.39 is 16.0 Å². The first kappa shape index (κ1) is 18.9. The molecule has 1 aromatic heterocycles. The van der Waals surface area contributed by atoms with Crippen LogP contribution in [0.5, 0.6) is 5.75 Å². The van der Waals surface area contributed by atoms with E-state index in [4.69, 9.17) is 14.0 Å². The second-order valence-corrected chi connectivity index (χ2v) is 7.59. The van der Waals surface area contributed by atoms with Crippen LogP contribution in [0.15, 0.2) is 33.7 Å². The maximum absolute atomic E-state index is 12.0. The Kier molecular flexibility index (Phi) is 5.81. The molecule has 1 aromatic carbocycles. The quantitative estimate of drug-likeness (QED) is 0.542. The molecule has 0 atom stereocenters. The minimum atomic E-state index is -3.47. The zero-order chi connectivity index (χ0) is 18.6. The van der Waals surface area contributed by atoms with Gasteiger partial charge in [-0.3, -0.25) is 0 Å². The minimum Gasteiger partial charge on any atom is -0.490 e. The smallest absolute Gasteiger partial charge is 0.343 e. The summed E-state index contributed by atoms with van der Waals surface area (Å²) in [7, 11) is -0.539. The first-order chi connectivity index (χ1) is 11.7. The molecule has 0 amide bonds. The predicted octanol–water partition coefficient (Wildman–Crippen LogP) is 1.78. The van der Waals surface area contributed by atoms with Gasteiger partial charge in [0.25, 0.3) is 0 Å². The van der Waals surface area contributed by atoms with Gasteiger partial charge in [-0.25, -0.2) is 17.5 Å². The summed E-state index contributed by atoms with van der Waals surface area (Å²) in [5, 5.41) is 3.69. The molecule has 0 unspecified atom stereocenters. The first-order valence-corrected chi connectivity index (χ1v) is 8.93. The minimum absolute atomic E-state index is 0.0423. The van der Waals surface area contributed by atoms with Gasteiger partial charge in [0.15, 0.2) is 0 Å². The zero-order valence-corrected chi connectivity index (χ0v) is 15.3. The monoisotopic (exact) mass is 368 g/mol. The average Bonchev–Trinajstić information content (AvgIpc) is 2.90. The van der Waals surface area contributed by atoms with Gasteiger partial charge in [0.2, 0.25) is 10.0 Å². The summed E-state index contributed by atoms with van der Waals surface area (Å²) in [5.41, 5.74) is 0.791. The van der Waals surface area contributed by atoms with Crippen LogP contribution < -0.4 is 4.74 Å². The van der Waals surface area contributed by atoms with Crippen molar-refractivity contribution in [2.24, 2.45) is 0 Å². The number of ether oxygens (including phenoxy) is 2. The van der Waals surface area contributed by atoms with Crippen LogP contribution in [0.2, 0.25) is 0 Å². The van der Waals surface area contributed by atoms with Crippen molar-refractivity contribution in [3.8, 4) is 5.75 Å². The summed E-state index contributed by atoms with van der Waals surface area (Å²) in [6.07, 6.45) is 0. The summed E-state index contributed by atoms with van der Waals surface area (Å²) in [6, 6.07) is 6.01. The van der Waals surface area contributed by atoms with Gasteiger partial charge in [-0.15, -0.1) is 0 Å². The Labute approximate surface area is 146 Å². The van der Waals surface area contributed by atoms with Crippen LogP contribution in [0.4, 0.5) is 0 Å². The van der Waals surface area contributed by atoms with E-state index in [-0.39, 0.29) is 18.1 Å². The molecule has 8 nitrogen and oxygen atoms in total. The van der Waals surface area contributed by atoms with Gasteiger partial charge in [-0.1, -0.05) is 5.16 Å². The van der Waals surface area contributed by atoms with Crippen molar-refractivity contribution in [1.29, 1.82) is 0 Å². The third-order valence-corrected chi connectivity index (χ3v) is 5.25. The number of esters is 1. The van der Waals surface area contributed by atoms with Crippen LogP contribution in [-0.2, 0) is 14.8 Å². The topological polar surface area (TPSA) is 98.9 Å². The largest absolute Gasteiger partial charge is 0.490 e. The molecule has 136 valence electrons. The van der Waals surface area contributed by atoms with Gasteiger partial charge >= 0.3 is 5.97 Å². The number of sulfonamides is 1. The lowest BCUT2D eigenvalue weighted by molar-refractivity contribution is 0.0447. The van der Waals surface area contributed by atoms with Crippen molar-refractivity contribution < 1.29 is 27.2 Å². The predicted molar refractivity (Wildman–Crippen MR) is 89.1 cm³/mol. The van der Waals surface area contributed by atoms with Gasteiger partial charge in [0.05, 0.1) is 10.6 Å². The van der Waals surface area contributed by atoms with E-state index in [0.29, 0.717) is 22.8 Å². The number of benzene rings is 1. The van der Waals surface area contributed by atoms with Crippen LogP contribution in [0.3, 0.4) is 0 Å². The van der Waals surface area contributed by atoms with Crippen molar-refractivity contribution in [1.82, 2.24) is 9.46 Å². The van der Waals surface area contributed by atoms with Crippen molar-refractivity contribution in [3.63, 3.8) is 0 Å². The molecule has 0 N–H and O–H groups in total. The lowest BCUT2D eigenvalue weighted by Crippen LogP contribution is -2.22. The van der Waals surface area contributed by atoms with Crippen molar-refractivity contribution in [2.45, 2.75) is 18.7 Å². The lowest BCUT2D eigenvalue weighted by Gasteiger charge is -2.12. The molecule has 0 fully saturated rings. The van der Waals surface area contributed by atoms with Gasteiger partial charge < -0.3 is 14.0 Å². The van der Waals surface area contributed by atoms with Gasteiger partial charge in [0.1, 0.15) is 30.3 Å². The molecule has 0 bridgehead atoms. The fraction of sp³-hybridized carbons (Fsp3) is 0.375. The molecule has 0 saturated heterocycles. The maximum atomic E-state index is 12.0. The summed E-state index contributed by atoms with van der Waals surface area (Å²) < 4.78 is 40.5. The molecule has 2 aromatic rings. The molecule has 9 heteroatoms. The summed E-state index contributed by atoms with van der Waals surface area (Å²) in [4.78, 5) is 12.1. The van der Waals surface area contributed by atoms with Crippen LogP contribution in [0.25, 0.3) is 0 Å². The van der Waals surface area contributed by atoms with Crippen molar-refractivity contribution in [3.05, 3.63) is 41.3 Å². The number of hydrogen-bond donors (Lipinski definition) is 0. The summed E-state index contributed by atoms with van der Waals surface area (Å²) >= 11 is 0. The highest BCUT2D eigenvalue weighted by molar-refractivity contribution is 7.89. The van der Waals surface area contributed by atoms with E-state index in [9.17, 15) is 13.2 Å². The molecule has 0 spiro atoms. The van der Waals surface area contributed by atoms with Crippen molar-refractivity contribution in [2.75, 3.05) is 27.3 Å². The Morgan fingerprint density at radius 3 is 2.32 bits per heavy atom. The van der Waals surface area contributed by atoms with E-state index in [2.05, 4.69) is 5.16 Å². The molecule has 1 heterocycles. The Bertz CT molecular complexity index is 821. The molecule has 25 heavy (non-hydrogen) atoms. The fourth-order valence-corrected chi connectivity index (χ4v) is 2.96. The average molecular weight is 368 g/mol. The van der Waals surface area contributed by atoms with Crippen LogP contribution in [-0.4, -0.2) is 51.2 Å². The van der Waals surface area contributed by atoms with Gasteiger partial charge in [-0.05, 0) is 38.1 Å². The summed E-state index contributed by atoms with van der Waals surface area (Å²) in [5.74, 6) is 0.361. The van der Waals surface area contributed by atoms with E-state index in [0.717, 1.165) is 4.31 Å². The number of nitrogens with zero attached hydrogens (tertiary/aromatic N) is 2. The lowest BCUT2D eigenvalue weighted by atomic mass is 10.2. The molecular weight excluding hydrogens is 348 g/mol. The normalized spacial score (nSPS) is 11.6. The number of rotatable bonds is 7. The van der Waals surface area contributed by atoms with Crippen LogP contribution in [0.1, 0.15) is 21.8 Å². The molecular formula is C16H20N2O6S. The first-order valence-electron chi connectivity index (χ1n) is 7.49. The number of carbonyl (C=O) groups is 1. The highest BCUT2D eigenvalue weighted by Crippen LogP contribution is 2.18. The Morgan fingerprint density at radius 1 is 1.16 bits per heavy atom. The molecule has 0 radical (unpaired) electrons. The number of hydrogen-bond acceptors (Lipinski definition) is 7. The molecule has 0 aliphatic carbocycles. The number of aryl methyl sites for hydroxylation is 2. The third kappa shape index (κ3) is 4.37. The molecule has 0 aliphatic rings. The highest BCUT2D eigenvalue weighted by atomic mass is 32.2. The van der Waals surface area contributed by atoms with Crippen LogP contribution in [0, 0.1) is 13.8 Å². The Balaban J connectivity index is 1.85. The summed E-state index contributed by atoms with van der Waals surface area (Å²) in [6.45, 7) is 3.47. The van der Waals surface area contributed by atoms with E-state index in [1.165, 1.54) is 26.2 Å². The van der Waals surface area contributed by atoms with Crippen molar-refractivity contribution >= 4 is 16.0 Å². The fourth-order valence-electron chi connectivity index (χ4n) is 2.06. The van der Waals surface area contributed by atoms with E-state index in [1.807, 2.05) is 0 Å². The molecule has 0 aliphatic heterocycles. The highest BCUT2D eigenvalue weighted by Gasteiger charge is 2.19.